The van der Waals surface area contributed by atoms with Gasteiger partial charge in [0.15, 0.2) is 5.56 Å². The Kier molecular flexibility index (Phi) is 7.14. The van der Waals surface area contributed by atoms with Crippen LogP contribution in [0.25, 0.3) is 0 Å². The number of morpholine rings is 1. The molecule has 1 N–H and O–H groups in total. The predicted octanol–water partition coefficient (Wildman–Crippen LogP) is 2.34. The minimum atomic E-state index is -0.690. The summed E-state index contributed by atoms with van der Waals surface area (Å²) in [5, 5.41) is 2.63. The van der Waals surface area contributed by atoms with Gasteiger partial charge in [0.2, 0.25) is 0 Å². The highest BCUT2D eigenvalue weighted by molar-refractivity contribution is 6.19. The maximum atomic E-state index is 11.8. The Bertz CT molecular complexity index is 541. The zero-order valence-corrected chi connectivity index (χ0v) is 14.2. The molecule has 0 aromatic heterocycles. The largest absolute Gasteiger partial charge is 0.445 e. The average Bonchev–Trinajstić information content (AvgIpc) is 2.59. The highest BCUT2D eigenvalue weighted by Crippen LogP contribution is 2.09. The minimum absolute atomic E-state index is 0.199. The van der Waals surface area contributed by atoms with E-state index in [4.69, 9.17) is 25.8 Å². The van der Waals surface area contributed by atoms with Crippen LogP contribution >= 0.6 is 11.6 Å². The molecular weight excluding hydrogens is 336 g/mol. The Labute approximate surface area is 145 Å². The number of hydrogen-bond acceptors (Lipinski definition) is 5. The molecule has 24 heavy (non-hydrogen) atoms. The van der Waals surface area contributed by atoms with E-state index in [0.717, 1.165) is 5.56 Å². The van der Waals surface area contributed by atoms with Crippen molar-refractivity contribution in [3.63, 3.8) is 0 Å². The molecule has 0 bridgehead atoms. The van der Waals surface area contributed by atoms with E-state index < -0.39 is 17.7 Å². The van der Waals surface area contributed by atoms with Crippen LogP contribution in [0.15, 0.2) is 30.3 Å². The Hall–Kier alpha value is -1.99. The molecule has 0 radical (unpaired) electrons. The van der Waals surface area contributed by atoms with Gasteiger partial charge in [-0.25, -0.2) is 9.59 Å². The van der Waals surface area contributed by atoms with Gasteiger partial charge in [0.05, 0.1) is 19.3 Å². The Morgan fingerprint density at radius 1 is 1.42 bits per heavy atom. The van der Waals surface area contributed by atoms with Gasteiger partial charge in [-0.2, -0.15) is 0 Å². The molecule has 2 amide bonds. The molecule has 1 aliphatic rings. The van der Waals surface area contributed by atoms with Crippen molar-refractivity contribution < 1.29 is 23.8 Å². The van der Waals surface area contributed by atoms with Crippen molar-refractivity contribution in [1.29, 1.82) is 0 Å². The highest BCUT2D eigenvalue weighted by Gasteiger charge is 2.26. The van der Waals surface area contributed by atoms with E-state index in [-0.39, 0.29) is 19.3 Å². The van der Waals surface area contributed by atoms with Crippen molar-refractivity contribution in [2.45, 2.75) is 25.2 Å². The van der Waals surface area contributed by atoms with Crippen molar-refractivity contribution in [3.8, 4) is 0 Å². The zero-order valence-electron chi connectivity index (χ0n) is 13.4. The second-order valence-electron chi connectivity index (χ2n) is 5.31. The lowest BCUT2D eigenvalue weighted by Gasteiger charge is -2.32. The molecule has 8 heteroatoms. The summed E-state index contributed by atoms with van der Waals surface area (Å²) in [7, 11) is 0. The molecule has 1 heterocycles. The van der Waals surface area contributed by atoms with Crippen LogP contribution in [0, 0.1) is 0 Å². The molecule has 132 valence electrons. The second-order valence-corrected chi connectivity index (χ2v) is 5.92. The summed E-state index contributed by atoms with van der Waals surface area (Å²) in [5.41, 5.74) is 0.218. The summed E-state index contributed by atoms with van der Waals surface area (Å²) < 4.78 is 15.6. The quantitative estimate of drug-likeness (QED) is 0.819. The number of alkyl carbamates (subject to hydrolysis) is 1. The molecule has 2 rings (SSSR count). The molecular formula is C16H21ClN2O5. The Morgan fingerprint density at radius 2 is 2.17 bits per heavy atom. The number of amides is 2. The first kappa shape index (κ1) is 18.4. The van der Waals surface area contributed by atoms with E-state index in [1.165, 1.54) is 4.90 Å². The average molecular weight is 357 g/mol. The fraction of sp³-hybridized carbons (Fsp3) is 0.500. The first-order valence-electron chi connectivity index (χ1n) is 7.70. The zero-order chi connectivity index (χ0) is 17.4. The van der Waals surface area contributed by atoms with Crippen molar-refractivity contribution in [2.24, 2.45) is 0 Å². The molecule has 0 aliphatic carbocycles. The standard InChI is InChI=1S/C16H21ClN2O5/c1-12(17)24-16(21)19-7-8-22-14(10-19)9-18-15(20)23-11-13-5-3-2-4-6-13/h2-6,12,14H,7-11H2,1H3,(H,18,20). The van der Waals surface area contributed by atoms with E-state index in [2.05, 4.69) is 5.32 Å². The summed E-state index contributed by atoms with van der Waals surface area (Å²) >= 11 is 5.64. The summed E-state index contributed by atoms with van der Waals surface area (Å²) in [6.45, 7) is 3.13. The van der Waals surface area contributed by atoms with E-state index >= 15 is 0 Å². The lowest BCUT2D eigenvalue weighted by Crippen LogP contribution is -2.50. The van der Waals surface area contributed by atoms with Gasteiger partial charge in [-0.1, -0.05) is 41.9 Å². The van der Waals surface area contributed by atoms with Crippen LogP contribution in [-0.2, 0) is 20.8 Å². The van der Waals surface area contributed by atoms with Crippen LogP contribution in [-0.4, -0.2) is 55.0 Å². The molecule has 2 atom stereocenters. The van der Waals surface area contributed by atoms with Gasteiger partial charge in [0, 0.05) is 13.1 Å². The number of hydrogen-bond donors (Lipinski definition) is 1. The van der Waals surface area contributed by atoms with Crippen LogP contribution in [0.4, 0.5) is 9.59 Å². The lowest BCUT2D eigenvalue weighted by molar-refractivity contribution is -0.0269. The number of ether oxygens (including phenoxy) is 3. The monoisotopic (exact) mass is 356 g/mol. The molecule has 0 saturated carbocycles. The molecule has 1 aromatic rings. The molecule has 1 aliphatic heterocycles. The number of carbonyl (C=O) groups excluding carboxylic acids is 2. The SMILES string of the molecule is CC(Cl)OC(=O)N1CCOC(CNC(=O)OCc2ccccc2)C1. The fourth-order valence-corrected chi connectivity index (χ4v) is 2.27. The van der Waals surface area contributed by atoms with Crippen molar-refractivity contribution in [3.05, 3.63) is 35.9 Å². The second kappa shape index (κ2) is 9.34. The molecule has 1 fully saturated rings. The molecule has 7 nitrogen and oxygen atoms in total. The minimum Gasteiger partial charge on any atom is -0.445 e. The van der Waals surface area contributed by atoms with Gasteiger partial charge in [0.25, 0.3) is 0 Å². The smallest absolute Gasteiger partial charge is 0.411 e. The van der Waals surface area contributed by atoms with Crippen molar-refractivity contribution in [1.82, 2.24) is 10.2 Å². The Morgan fingerprint density at radius 3 is 2.88 bits per heavy atom. The summed E-state index contributed by atoms with van der Waals surface area (Å²) in [6, 6.07) is 9.40. The molecule has 1 saturated heterocycles. The van der Waals surface area contributed by atoms with Gasteiger partial charge in [-0.15, -0.1) is 0 Å². The summed E-state index contributed by atoms with van der Waals surface area (Å²) in [5.74, 6) is 0. The summed E-state index contributed by atoms with van der Waals surface area (Å²) in [4.78, 5) is 25.0. The molecule has 1 aromatic carbocycles. The van der Waals surface area contributed by atoms with Gasteiger partial charge in [-0.05, 0) is 12.5 Å². The van der Waals surface area contributed by atoms with Crippen LogP contribution in [0.2, 0.25) is 0 Å². The highest BCUT2D eigenvalue weighted by atomic mass is 35.5. The van der Waals surface area contributed by atoms with Gasteiger partial charge < -0.3 is 24.4 Å². The van der Waals surface area contributed by atoms with Crippen LogP contribution in [0.1, 0.15) is 12.5 Å². The number of benzene rings is 1. The normalized spacial score (nSPS) is 18.6. The van der Waals surface area contributed by atoms with Gasteiger partial charge >= 0.3 is 12.2 Å². The number of halogens is 1. The third-order valence-electron chi connectivity index (χ3n) is 3.35. The number of alkyl halides is 1. The van der Waals surface area contributed by atoms with Crippen LogP contribution in [0.5, 0.6) is 0 Å². The van der Waals surface area contributed by atoms with Gasteiger partial charge in [0.1, 0.15) is 6.61 Å². The number of nitrogens with one attached hydrogen (secondary N) is 1. The molecule has 2 unspecified atom stereocenters. The van der Waals surface area contributed by atoms with Crippen LogP contribution in [0.3, 0.4) is 0 Å². The third-order valence-corrected chi connectivity index (χ3v) is 3.44. The number of rotatable bonds is 5. The molecule has 0 spiro atoms. The Balaban J connectivity index is 1.69. The van der Waals surface area contributed by atoms with E-state index in [9.17, 15) is 9.59 Å². The maximum Gasteiger partial charge on any atom is 0.411 e. The number of carbonyl (C=O) groups is 2. The first-order chi connectivity index (χ1) is 11.5. The third kappa shape index (κ3) is 6.25. The van der Waals surface area contributed by atoms with E-state index in [1.807, 2.05) is 30.3 Å². The maximum absolute atomic E-state index is 11.8. The van der Waals surface area contributed by atoms with Gasteiger partial charge in [-0.3, -0.25) is 0 Å². The van der Waals surface area contributed by atoms with E-state index in [1.54, 1.807) is 6.92 Å². The topological polar surface area (TPSA) is 77.1 Å². The van der Waals surface area contributed by atoms with Crippen molar-refractivity contribution >= 4 is 23.8 Å². The van der Waals surface area contributed by atoms with E-state index in [0.29, 0.717) is 19.7 Å². The fourth-order valence-electron chi connectivity index (χ4n) is 2.19. The number of nitrogens with zero attached hydrogens (tertiary/aromatic N) is 1. The van der Waals surface area contributed by atoms with Crippen molar-refractivity contribution in [2.75, 3.05) is 26.2 Å². The first-order valence-corrected chi connectivity index (χ1v) is 8.14. The predicted molar refractivity (Wildman–Crippen MR) is 87.7 cm³/mol. The van der Waals surface area contributed by atoms with Crippen LogP contribution < -0.4 is 5.32 Å². The summed E-state index contributed by atoms with van der Waals surface area (Å²) in [6.07, 6.45) is -1.34. The lowest BCUT2D eigenvalue weighted by atomic mass is 10.2.